The fraction of sp³-hybridized carbons (Fsp3) is 0.0667. The molecule has 0 N–H and O–H groups in total. The molecule has 0 unspecified atom stereocenters. The van der Waals surface area contributed by atoms with Crippen molar-refractivity contribution in [2.24, 2.45) is 0 Å². The highest BCUT2D eigenvalue weighted by molar-refractivity contribution is 9.10. The van der Waals surface area contributed by atoms with Gasteiger partial charge in [-0.15, -0.1) is 11.3 Å². The molecule has 6 heteroatoms. The Hall–Kier alpha value is -1.24. The Labute approximate surface area is 142 Å². The number of hydrogen-bond donors (Lipinski definition) is 0. The van der Waals surface area contributed by atoms with E-state index < -0.39 is 0 Å². The van der Waals surface area contributed by atoms with Gasteiger partial charge in [-0.1, -0.05) is 28.1 Å². The summed E-state index contributed by atoms with van der Waals surface area (Å²) in [6, 6.07) is 10.0. The average molecular weight is 426 g/mol. The summed E-state index contributed by atoms with van der Waals surface area (Å²) in [6.07, 6.45) is 2.64. The van der Waals surface area contributed by atoms with Crippen LogP contribution in [0.15, 0.2) is 50.9 Å². The summed E-state index contributed by atoms with van der Waals surface area (Å²) in [6.45, 7) is 0.636. The summed E-state index contributed by atoms with van der Waals surface area (Å²) in [5, 5.41) is 6.53. The van der Waals surface area contributed by atoms with Crippen LogP contribution in [0.25, 0.3) is 10.6 Å². The minimum atomic E-state index is 0.607. The monoisotopic (exact) mass is 424 g/mol. The molecule has 0 aliphatic heterocycles. The topological polar surface area (TPSA) is 34.9 Å². The molecule has 0 atom stereocenters. The number of aldehydes is 1. The predicted octanol–water partition coefficient (Wildman–Crippen LogP) is 5.00. The first-order valence-electron chi connectivity index (χ1n) is 6.18. The van der Waals surface area contributed by atoms with E-state index >= 15 is 0 Å². The zero-order chi connectivity index (χ0) is 14.8. The first-order chi connectivity index (χ1) is 10.2. The van der Waals surface area contributed by atoms with Crippen LogP contribution < -0.4 is 0 Å². The second-order valence-electron chi connectivity index (χ2n) is 4.47. The number of rotatable bonds is 4. The van der Waals surface area contributed by atoms with Crippen LogP contribution in [0.5, 0.6) is 0 Å². The summed E-state index contributed by atoms with van der Waals surface area (Å²) < 4.78 is 3.81. The van der Waals surface area contributed by atoms with E-state index in [4.69, 9.17) is 0 Å². The van der Waals surface area contributed by atoms with Gasteiger partial charge in [0.1, 0.15) is 5.69 Å². The van der Waals surface area contributed by atoms with Gasteiger partial charge >= 0.3 is 0 Å². The molecule has 2 aromatic heterocycles. The molecule has 21 heavy (non-hydrogen) atoms. The molecular formula is C15H10Br2N2OS. The van der Waals surface area contributed by atoms with Crippen molar-refractivity contribution in [3.63, 3.8) is 0 Å². The molecule has 0 amide bonds. The molecule has 3 aromatic rings. The van der Waals surface area contributed by atoms with Crippen molar-refractivity contribution in [2.45, 2.75) is 6.54 Å². The van der Waals surface area contributed by atoms with E-state index in [-0.39, 0.29) is 0 Å². The van der Waals surface area contributed by atoms with Crippen LogP contribution in [0.3, 0.4) is 0 Å². The third-order valence-electron chi connectivity index (χ3n) is 3.01. The van der Waals surface area contributed by atoms with E-state index in [9.17, 15) is 4.79 Å². The fourth-order valence-corrected chi connectivity index (χ4v) is 3.85. The lowest BCUT2D eigenvalue weighted by molar-refractivity contribution is 0.112. The van der Waals surface area contributed by atoms with Gasteiger partial charge in [-0.3, -0.25) is 9.48 Å². The van der Waals surface area contributed by atoms with Gasteiger partial charge in [-0.2, -0.15) is 5.10 Å². The van der Waals surface area contributed by atoms with E-state index in [0.717, 1.165) is 31.4 Å². The number of carbonyl (C=O) groups is 1. The maximum Gasteiger partial charge on any atom is 0.153 e. The van der Waals surface area contributed by atoms with Gasteiger partial charge in [-0.05, 0) is 45.1 Å². The third-order valence-corrected chi connectivity index (χ3v) is 5.38. The zero-order valence-electron chi connectivity index (χ0n) is 10.8. The second-order valence-corrected chi connectivity index (χ2v) is 7.16. The van der Waals surface area contributed by atoms with Crippen LogP contribution >= 0.6 is 43.2 Å². The number of carbonyl (C=O) groups excluding carboxylic acids is 1. The number of thiophene rings is 1. The zero-order valence-corrected chi connectivity index (χ0v) is 14.8. The molecule has 106 valence electrons. The predicted molar refractivity (Wildman–Crippen MR) is 91.9 cm³/mol. The molecule has 2 heterocycles. The van der Waals surface area contributed by atoms with Crippen LogP contribution in [0.1, 0.15) is 15.9 Å². The summed E-state index contributed by atoms with van der Waals surface area (Å²) in [5.41, 5.74) is 2.47. The Morgan fingerprint density at radius 2 is 1.95 bits per heavy atom. The minimum Gasteiger partial charge on any atom is -0.298 e. The molecule has 3 rings (SSSR count). The maximum absolute atomic E-state index is 11.3. The molecule has 0 aliphatic rings. The SMILES string of the molecule is O=Cc1cn(Cc2ccc(Br)cc2)nc1-c1sccc1Br. The molecule has 0 saturated heterocycles. The van der Waals surface area contributed by atoms with Crippen LogP contribution in [0.2, 0.25) is 0 Å². The van der Waals surface area contributed by atoms with Gasteiger partial charge in [0.05, 0.1) is 17.0 Å². The van der Waals surface area contributed by atoms with Gasteiger partial charge in [0, 0.05) is 15.1 Å². The van der Waals surface area contributed by atoms with Crippen molar-refractivity contribution in [3.05, 3.63) is 62.0 Å². The van der Waals surface area contributed by atoms with E-state index in [2.05, 4.69) is 37.0 Å². The van der Waals surface area contributed by atoms with Crippen LogP contribution in [0, 0.1) is 0 Å². The normalized spacial score (nSPS) is 10.8. The van der Waals surface area contributed by atoms with E-state index in [1.165, 1.54) is 0 Å². The van der Waals surface area contributed by atoms with E-state index in [1.807, 2.05) is 35.7 Å². The smallest absolute Gasteiger partial charge is 0.153 e. The number of benzene rings is 1. The van der Waals surface area contributed by atoms with Crippen molar-refractivity contribution < 1.29 is 4.79 Å². The van der Waals surface area contributed by atoms with Gasteiger partial charge in [-0.25, -0.2) is 0 Å². The number of halogens is 2. The largest absolute Gasteiger partial charge is 0.298 e. The molecule has 0 spiro atoms. The van der Waals surface area contributed by atoms with Crippen LogP contribution in [0.4, 0.5) is 0 Å². The Kier molecular flexibility index (Phi) is 4.37. The highest BCUT2D eigenvalue weighted by Gasteiger charge is 2.14. The van der Waals surface area contributed by atoms with Crippen LogP contribution in [-0.2, 0) is 6.54 Å². The summed E-state index contributed by atoms with van der Waals surface area (Å²) >= 11 is 8.48. The molecule has 0 aliphatic carbocycles. The molecular weight excluding hydrogens is 416 g/mol. The third kappa shape index (κ3) is 3.17. The van der Waals surface area contributed by atoms with Gasteiger partial charge in [0.15, 0.2) is 6.29 Å². The first-order valence-corrected chi connectivity index (χ1v) is 8.64. The quantitative estimate of drug-likeness (QED) is 0.551. The number of aromatic nitrogens is 2. The summed E-state index contributed by atoms with van der Waals surface area (Å²) in [4.78, 5) is 12.3. The highest BCUT2D eigenvalue weighted by Crippen LogP contribution is 2.34. The molecule has 3 nitrogen and oxygen atoms in total. The summed E-state index contributed by atoms with van der Waals surface area (Å²) in [7, 11) is 0. The number of hydrogen-bond acceptors (Lipinski definition) is 3. The van der Waals surface area contributed by atoms with E-state index in [0.29, 0.717) is 12.1 Å². The molecule has 0 saturated carbocycles. The Morgan fingerprint density at radius 1 is 1.19 bits per heavy atom. The lowest BCUT2D eigenvalue weighted by atomic mass is 10.2. The van der Waals surface area contributed by atoms with Gasteiger partial charge in [0.2, 0.25) is 0 Å². The maximum atomic E-state index is 11.3. The highest BCUT2D eigenvalue weighted by atomic mass is 79.9. The average Bonchev–Trinajstić information content (AvgIpc) is 3.07. The van der Waals surface area contributed by atoms with Crippen molar-refractivity contribution in [2.75, 3.05) is 0 Å². The summed E-state index contributed by atoms with van der Waals surface area (Å²) in [5.74, 6) is 0. The Morgan fingerprint density at radius 3 is 2.57 bits per heavy atom. The van der Waals surface area contributed by atoms with Crippen molar-refractivity contribution in [1.82, 2.24) is 9.78 Å². The Balaban J connectivity index is 1.94. The Bertz CT molecular complexity index is 777. The minimum absolute atomic E-state index is 0.607. The molecule has 0 fully saturated rings. The van der Waals surface area contributed by atoms with Gasteiger partial charge in [0.25, 0.3) is 0 Å². The van der Waals surface area contributed by atoms with Gasteiger partial charge < -0.3 is 0 Å². The van der Waals surface area contributed by atoms with Crippen molar-refractivity contribution in [3.8, 4) is 10.6 Å². The number of nitrogens with zero attached hydrogens (tertiary/aromatic N) is 2. The lowest BCUT2D eigenvalue weighted by Crippen LogP contribution is -2.00. The standard InChI is InChI=1S/C15H10Br2N2OS/c16-12-3-1-10(2-4-12)7-19-8-11(9-20)14(18-19)15-13(17)5-6-21-15/h1-6,8-9H,7H2. The second kappa shape index (κ2) is 6.25. The lowest BCUT2D eigenvalue weighted by Gasteiger charge is -2.02. The first kappa shape index (κ1) is 14.7. The molecule has 0 radical (unpaired) electrons. The van der Waals surface area contributed by atoms with Crippen molar-refractivity contribution >= 4 is 49.5 Å². The fourth-order valence-electron chi connectivity index (χ4n) is 2.02. The van der Waals surface area contributed by atoms with Crippen LogP contribution in [-0.4, -0.2) is 16.1 Å². The molecule has 0 bridgehead atoms. The van der Waals surface area contributed by atoms with E-state index in [1.54, 1.807) is 22.2 Å². The van der Waals surface area contributed by atoms with Crippen molar-refractivity contribution in [1.29, 1.82) is 0 Å². The molecule has 1 aromatic carbocycles.